The van der Waals surface area contributed by atoms with Gasteiger partial charge in [0.25, 0.3) is 5.91 Å². The zero-order chi connectivity index (χ0) is 9.80. The van der Waals surface area contributed by atoms with E-state index in [0.717, 1.165) is 30.5 Å². The average Bonchev–Trinajstić information content (AvgIpc) is 2.72. The number of carbonyl (C=O) groups is 1. The topological polar surface area (TPSA) is 29.1 Å². The number of nitrogens with one attached hydrogen (secondary N) is 1. The van der Waals surface area contributed by atoms with Gasteiger partial charge in [-0.15, -0.1) is 0 Å². The first-order valence-corrected chi connectivity index (χ1v) is 4.92. The lowest BCUT2D eigenvalue weighted by atomic mass is 10.2. The molecule has 0 aromatic heterocycles. The second-order valence-corrected chi connectivity index (χ2v) is 3.44. The molecule has 0 saturated heterocycles. The molecule has 2 heteroatoms. The van der Waals surface area contributed by atoms with E-state index in [0.29, 0.717) is 0 Å². The van der Waals surface area contributed by atoms with Crippen LogP contribution >= 0.6 is 0 Å². The van der Waals surface area contributed by atoms with E-state index in [2.05, 4.69) is 5.32 Å². The maximum absolute atomic E-state index is 11.6. The minimum atomic E-state index is 0.0497. The highest BCUT2D eigenvalue weighted by molar-refractivity contribution is 6.03. The van der Waals surface area contributed by atoms with Gasteiger partial charge in [0.1, 0.15) is 0 Å². The number of rotatable bonds is 2. The number of hydrogen-bond acceptors (Lipinski definition) is 1. The molecule has 1 amide bonds. The van der Waals surface area contributed by atoms with Gasteiger partial charge in [0.05, 0.1) is 0 Å². The third kappa shape index (κ3) is 2.02. The van der Waals surface area contributed by atoms with Gasteiger partial charge in [-0.3, -0.25) is 4.79 Å². The molecular weight excluding hydrogens is 174 g/mol. The Labute approximate surface area is 83.6 Å². The smallest absolute Gasteiger partial charge is 0.251 e. The van der Waals surface area contributed by atoms with E-state index in [1.54, 1.807) is 0 Å². The summed E-state index contributed by atoms with van der Waals surface area (Å²) >= 11 is 0. The predicted octanol–water partition coefficient (Wildman–Crippen LogP) is 2.74. The number of hydrogen-bond donors (Lipinski definition) is 1. The molecule has 0 radical (unpaired) electrons. The minimum Gasteiger partial charge on any atom is -0.322 e. The molecule has 72 valence electrons. The fraction of sp³-hybridized carbons (Fsp3) is 0.250. The Bertz CT molecular complexity index is 354. The van der Waals surface area contributed by atoms with Crippen molar-refractivity contribution in [2.45, 2.75) is 19.3 Å². The molecule has 0 fully saturated rings. The molecule has 14 heavy (non-hydrogen) atoms. The van der Waals surface area contributed by atoms with Gasteiger partial charge in [0.15, 0.2) is 0 Å². The van der Waals surface area contributed by atoms with Gasteiger partial charge in [-0.2, -0.15) is 0 Å². The molecule has 2 rings (SSSR count). The van der Waals surface area contributed by atoms with E-state index in [1.807, 2.05) is 36.4 Å². The number of carbonyl (C=O) groups excluding carboxylic acids is 1. The summed E-state index contributed by atoms with van der Waals surface area (Å²) in [6.07, 6.45) is 5.09. The van der Waals surface area contributed by atoms with Crippen LogP contribution in [-0.4, -0.2) is 5.91 Å². The summed E-state index contributed by atoms with van der Waals surface area (Å²) < 4.78 is 0. The zero-order valence-electron chi connectivity index (χ0n) is 7.99. The van der Waals surface area contributed by atoms with Crippen molar-refractivity contribution >= 4 is 11.6 Å². The van der Waals surface area contributed by atoms with Crippen molar-refractivity contribution in [2.75, 3.05) is 5.32 Å². The number of allylic oxidation sites excluding steroid dienone is 1. The van der Waals surface area contributed by atoms with Gasteiger partial charge in [-0.1, -0.05) is 24.3 Å². The molecule has 0 bridgehead atoms. The highest BCUT2D eigenvalue weighted by Crippen LogP contribution is 2.19. The van der Waals surface area contributed by atoms with Gasteiger partial charge < -0.3 is 5.32 Å². The predicted molar refractivity (Wildman–Crippen MR) is 57.0 cm³/mol. The van der Waals surface area contributed by atoms with Crippen molar-refractivity contribution in [3.8, 4) is 0 Å². The second-order valence-electron chi connectivity index (χ2n) is 3.44. The van der Waals surface area contributed by atoms with Crippen LogP contribution in [0.2, 0.25) is 0 Å². The van der Waals surface area contributed by atoms with Crippen LogP contribution in [0.4, 0.5) is 5.69 Å². The van der Waals surface area contributed by atoms with E-state index in [4.69, 9.17) is 0 Å². The lowest BCUT2D eigenvalue weighted by Gasteiger charge is -2.04. The van der Waals surface area contributed by atoms with E-state index >= 15 is 0 Å². The highest BCUT2D eigenvalue weighted by Gasteiger charge is 2.12. The SMILES string of the molecule is O=C(Nc1ccccc1)C1=CCCC1. The van der Waals surface area contributed by atoms with Crippen LogP contribution in [-0.2, 0) is 4.79 Å². The van der Waals surface area contributed by atoms with Gasteiger partial charge in [-0.05, 0) is 31.4 Å². The van der Waals surface area contributed by atoms with Crippen molar-refractivity contribution in [2.24, 2.45) is 0 Å². The molecule has 0 atom stereocenters. The van der Waals surface area contributed by atoms with Gasteiger partial charge in [-0.25, -0.2) is 0 Å². The molecule has 1 aliphatic rings. The van der Waals surface area contributed by atoms with Crippen LogP contribution < -0.4 is 5.32 Å². The monoisotopic (exact) mass is 187 g/mol. The maximum Gasteiger partial charge on any atom is 0.251 e. The third-order valence-electron chi connectivity index (χ3n) is 2.36. The summed E-state index contributed by atoms with van der Waals surface area (Å²) in [6.45, 7) is 0. The van der Waals surface area contributed by atoms with Crippen molar-refractivity contribution in [3.05, 3.63) is 42.0 Å². The highest BCUT2D eigenvalue weighted by atomic mass is 16.1. The van der Waals surface area contributed by atoms with Gasteiger partial charge in [0.2, 0.25) is 0 Å². The minimum absolute atomic E-state index is 0.0497. The molecule has 1 aliphatic carbocycles. The largest absolute Gasteiger partial charge is 0.322 e. The van der Waals surface area contributed by atoms with Crippen LogP contribution in [0.5, 0.6) is 0 Å². The third-order valence-corrected chi connectivity index (χ3v) is 2.36. The molecule has 0 aliphatic heterocycles. The summed E-state index contributed by atoms with van der Waals surface area (Å²) in [4.78, 5) is 11.6. The van der Waals surface area contributed by atoms with Crippen LogP contribution in [0.1, 0.15) is 19.3 Å². The Morgan fingerprint density at radius 2 is 2.00 bits per heavy atom. The fourth-order valence-corrected chi connectivity index (χ4v) is 1.61. The zero-order valence-corrected chi connectivity index (χ0v) is 7.99. The van der Waals surface area contributed by atoms with Crippen LogP contribution in [0.15, 0.2) is 42.0 Å². The summed E-state index contributed by atoms with van der Waals surface area (Å²) in [7, 11) is 0. The summed E-state index contributed by atoms with van der Waals surface area (Å²) in [5, 5.41) is 2.88. The van der Waals surface area contributed by atoms with Gasteiger partial charge >= 0.3 is 0 Å². The summed E-state index contributed by atoms with van der Waals surface area (Å²) in [5.41, 5.74) is 1.79. The first kappa shape index (κ1) is 9.00. The molecule has 0 spiro atoms. The maximum atomic E-state index is 11.6. The van der Waals surface area contributed by atoms with Crippen molar-refractivity contribution in [3.63, 3.8) is 0 Å². The van der Waals surface area contributed by atoms with Crippen molar-refractivity contribution in [1.29, 1.82) is 0 Å². The molecule has 2 nitrogen and oxygen atoms in total. The van der Waals surface area contributed by atoms with Crippen molar-refractivity contribution in [1.82, 2.24) is 0 Å². The van der Waals surface area contributed by atoms with Crippen LogP contribution in [0, 0.1) is 0 Å². The molecule has 1 aromatic rings. The second kappa shape index (κ2) is 4.09. The first-order valence-electron chi connectivity index (χ1n) is 4.92. The van der Waals surface area contributed by atoms with Crippen LogP contribution in [0.3, 0.4) is 0 Å². The lowest BCUT2D eigenvalue weighted by Crippen LogP contribution is -2.12. The van der Waals surface area contributed by atoms with E-state index in [1.165, 1.54) is 0 Å². The molecular formula is C12H13NO. The molecule has 0 heterocycles. The summed E-state index contributed by atoms with van der Waals surface area (Å²) in [6, 6.07) is 9.56. The Balaban J connectivity index is 2.01. The summed E-state index contributed by atoms with van der Waals surface area (Å²) in [5.74, 6) is 0.0497. The number of amides is 1. The number of benzene rings is 1. The lowest BCUT2D eigenvalue weighted by molar-refractivity contribution is -0.112. The Morgan fingerprint density at radius 3 is 2.64 bits per heavy atom. The number of anilines is 1. The fourth-order valence-electron chi connectivity index (χ4n) is 1.61. The molecule has 0 saturated carbocycles. The van der Waals surface area contributed by atoms with E-state index in [-0.39, 0.29) is 5.91 Å². The normalized spacial score (nSPS) is 15.0. The standard InChI is InChI=1S/C12H13NO/c14-12(10-6-4-5-7-10)13-11-8-2-1-3-9-11/h1-3,6,8-9H,4-5,7H2,(H,13,14). The number of para-hydroxylation sites is 1. The molecule has 0 unspecified atom stereocenters. The van der Waals surface area contributed by atoms with E-state index < -0.39 is 0 Å². The Morgan fingerprint density at radius 1 is 1.21 bits per heavy atom. The average molecular weight is 187 g/mol. The van der Waals surface area contributed by atoms with E-state index in [9.17, 15) is 4.79 Å². The molecule has 1 N–H and O–H groups in total. The van der Waals surface area contributed by atoms with Crippen LogP contribution in [0.25, 0.3) is 0 Å². The Hall–Kier alpha value is -1.57. The first-order chi connectivity index (χ1) is 6.86. The Kier molecular flexibility index (Phi) is 2.63. The van der Waals surface area contributed by atoms with Gasteiger partial charge in [0, 0.05) is 11.3 Å². The quantitative estimate of drug-likeness (QED) is 0.757. The molecule has 1 aromatic carbocycles. The van der Waals surface area contributed by atoms with Crippen molar-refractivity contribution < 1.29 is 4.79 Å².